The van der Waals surface area contributed by atoms with Gasteiger partial charge < -0.3 is 14.9 Å². The lowest BCUT2D eigenvalue weighted by Crippen LogP contribution is -2.48. The lowest BCUT2D eigenvalue weighted by Gasteiger charge is -2.36. The van der Waals surface area contributed by atoms with Crippen molar-refractivity contribution in [3.63, 3.8) is 0 Å². The number of carbonyl (C=O) groups excluding carboxylic acids is 1. The van der Waals surface area contributed by atoms with Gasteiger partial charge in [-0.05, 0) is 47.7 Å². The van der Waals surface area contributed by atoms with E-state index in [0.717, 1.165) is 5.56 Å². The number of aromatic hydroxyl groups is 1. The van der Waals surface area contributed by atoms with Crippen molar-refractivity contribution in [3.8, 4) is 5.75 Å². The number of halogens is 1. The van der Waals surface area contributed by atoms with Crippen LogP contribution in [-0.4, -0.2) is 47.3 Å². The Morgan fingerprint density at radius 2 is 1.78 bits per heavy atom. The van der Waals surface area contributed by atoms with Crippen molar-refractivity contribution < 1.29 is 14.3 Å². The molecular formula is C20H18FN3O2S. The van der Waals surface area contributed by atoms with Crippen LogP contribution in [-0.2, 0) is 4.79 Å². The summed E-state index contributed by atoms with van der Waals surface area (Å²) in [6.07, 6.45) is 1.73. The van der Waals surface area contributed by atoms with Gasteiger partial charge in [-0.3, -0.25) is 4.79 Å². The van der Waals surface area contributed by atoms with Crippen LogP contribution >= 0.6 is 11.8 Å². The summed E-state index contributed by atoms with van der Waals surface area (Å²) < 4.78 is 14.0. The van der Waals surface area contributed by atoms with Crippen LogP contribution in [0.1, 0.15) is 5.56 Å². The first kappa shape index (κ1) is 17.6. The maximum absolute atomic E-state index is 14.0. The highest BCUT2D eigenvalue weighted by atomic mass is 32.2. The molecule has 1 N–H and O–H groups in total. The van der Waals surface area contributed by atoms with E-state index in [-0.39, 0.29) is 17.5 Å². The van der Waals surface area contributed by atoms with Crippen molar-refractivity contribution in [1.82, 2.24) is 4.90 Å². The quantitative estimate of drug-likeness (QED) is 0.807. The third kappa shape index (κ3) is 3.83. The van der Waals surface area contributed by atoms with E-state index in [0.29, 0.717) is 41.9 Å². The van der Waals surface area contributed by atoms with Gasteiger partial charge in [0.05, 0.1) is 10.6 Å². The van der Waals surface area contributed by atoms with Crippen LogP contribution < -0.4 is 4.90 Å². The van der Waals surface area contributed by atoms with Crippen molar-refractivity contribution in [2.75, 3.05) is 31.1 Å². The largest absolute Gasteiger partial charge is 0.508 e. The van der Waals surface area contributed by atoms with Gasteiger partial charge in [-0.25, -0.2) is 4.39 Å². The number of anilines is 1. The maximum atomic E-state index is 14.0. The normalized spacial score (nSPS) is 18.9. The second-order valence-corrected chi connectivity index (χ2v) is 7.34. The number of benzene rings is 2. The number of para-hydroxylation sites is 1. The fraction of sp³-hybridized carbons (Fsp3) is 0.200. The number of nitrogens with zero attached hydrogens (tertiary/aromatic N) is 3. The molecule has 2 aliphatic heterocycles. The number of thioether (sulfide) groups is 1. The fourth-order valence-electron chi connectivity index (χ4n) is 3.15. The number of rotatable bonds is 2. The minimum absolute atomic E-state index is 0.158. The van der Waals surface area contributed by atoms with E-state index >= 15 is 0 Å². The Labute approximate surface area is 160 Å². The summed E-state index contributed by atoms with van der Waals surface area (Å²) in [5, 5.41) is 10.2. The molecule has 0 radical (unpaired) electrons. The first-order valence-electron chi connectivity index (χ1n) is 8.66. The van der Waals surface area contributed by atoms with Gasteiger partial charge in [0.1, 0.15) is 11.6 Å². The molecule has 0 aliphatic carbocycles. The summed E-state index contributed by atoms with van der Waals surface area (Å²) in [7, 11) is 0. The van der Waals surface area contributed by atoms with Gasteiger partial charge >= 0.3 is 0 Å². The van der Waals surface area contributed by atoms with Crippen LogP contribution in [0.4, 0.5) is 10.1 Å². The molecule has 0 atom stereocenters. The molecule has 5 nitrogen and oxygen atoms in total. The van der Waals surface area contributed by atoms with Gasteiger partial charge in [-0.15, -0.1) is 0 Å². The number of amides is 1. The standard InChI is InChI=1S/C20H18FN3O2S/c21-16-6-1-2-7-17(16)23-8-10-24(11-9-23)20-22-19(26)18(27-20)13-14-4-3-5-15(25)12-14/h1-7,12-13,25H,8-11H2/b18-13-. The van der Waals surface area contributed by atoms with Crippen molar-refractivity contribution >= 4 is 34.6 Å². The molecule has 27 heavy (non-hydrogen) atoms. The molecule has 138 valence electrons. The molecule has 4 rings (SSSR count). The van der Waals surface area contributed by atoms with Gasteiger partial charge in [0, 0.05) is 26.2 Å². The molecule has 2 aromatic rings. The smallest absolute Gasteiger partial charge is 0.286 e. The average molecular weight is 383 g/mol. The lowest BCUT2D eigenvalue weighted by molar-refractivity contribution is -0.113. The van der Waals surface area contributed by atoms with E-state index in [1.54, 1.807) is 36.4 Å². The third-order valence-electron chi connectivity index (χ3n) is 4.52. The number of amidine groups is 1. The van der Waals surface area contributed by atoms with Crippen LogP contribution in [0.2, 0.25) is 0 Å². The second-order valence-electron chi connectivity index (χ2n) is 6.33. The number of piperazine rings is 1. The van der Waals surface area contributed by atoms with Crippen molar-refractivity contribution in [3.05, 3.63) is 64.8 Å². The number of hydrogen-bond donors (Lipinski definition) is 1. The predicted octanol–water partition coefficient (Wildman–Crippen LogP) is 3.32. The number of phenols is 1. The Morgan fingerprint density at radius 3 is 2.52 bits per heavy atom. The summed E-state index contributed by atoms with van der Waals surface area (Å²) in [5.74, 6) is -0.329. The monoisotopic (exact) mass is 383 g/mol. The Hall–Kier alpha value is -2.80. The molecule has 7 heteroatoms. The van der Waals surface area contributed by atoms with Gasteiger partial charge in [0.2, 0.25) is 0 Å². The molecule has 2 aliphatic rings. The van der Waals surface area contributed by atoms with Crippen molar-refractivity contribution in [2.24, 2.45) is 4.99 Å². The Morgan fingerprint density at radius 1 is 1.04 bits per heavy atom. The lowest BCUT2D eigenvalue weighted by atomic mass is 10.2. The second kappa shape index (κ2) is 7.44. The molecule has 0 bridgehead atoms. The number of aliphatic imine (C=N–C) groups is 1. The van der Waals surface area contributed by atoms with E-state index in [1.807, 2.05) is 17.0 Å². The van der Waals surface area contributed by atoms with Crippen molar-refractivity contribution in [1.29, 1.82) is 0 Å². The molecule has 2 heterocycles. The summed E-state index contributed by atoms with van der Waals surface area (Å²) in [4.78, 5) is 21.0. The zero-order valence-electron chi connectivity index (χ0n) is 14.5. The van der Waals surface area contributed by atoms with E-state index in [1.165, 1.54) is 17.8 Å². The summed E-state index contributed by atoms with van der Waals surface area (Å²) in [6.45, 7) is 2.68. The van der Waals surface area contributed by atoms with E-state index in [4.69, 9.17) is 0 Å². The maximum Gasteiger partial charge on any atom is 0.286 e. The predicted molar refractivity (Wildman–Crippen MR) is 106 cm³/mol. The molecule has 0 spiro atoms. The minimum atomic E-state index is -0.269. The molecule has 0 unspecified atom stereocenters. The third-order valence-corrected chi connectivity index (χ3v) is 5.56. The highest BCUT2D eigenvalue weighted by Gasteiger charge is 2.29. The van der Waals surface area contributed by atoms with Crippen LogP contribution in [0.15, 0.2) is 58.4 Å². The Balaban J connectivity index is 1.42. The zero-order valence-corrected chi connectivity index (χ0v) is 15.3. The summed E-state index contributed by atoms with van der Waals surface area (Å²) in [6, 6.07) is 13.5. The summed E-state index contributed by atoms with van der Waals surface area (Å²) in [5.41, 5.74) is 1.37. The van der Waals surface area contributed by atoms with Crippen LogP contribution in [0, 0.1) is 5.82 Å². The number of phenolic OH excluding ortho intramolecular Hbond substituents is 1. The molecule has 0 aromatic heterocycles. The van der Waals surface area contributed by atoms with Gasteiger partial charge in [-0.1, -0.05) is 24.3 Å². The van der Waals surface area contributed by atoms with Crippen LogP contribution in [0.3, 0.4) is 0 Å². The van der Waals surface area contributed by atoms with Crippen LogP contribution in [0.25, 0.3) is 6.08 Å². The summed E-state index contributed by atoms with van der Waals surface area (Å²) >= 11 is 1.34. The van der Waals surface area contributed by atoms with E-state index in [2.05, 4.69) is 9.89 Å². The number of hydrogen-bond acceptors (Lipinski definition) is 5. The molecular weight excluding hydrogens is 365 g/mol. The van der Waals surface area contributed by atoms with Gasteiger partial charge in [0.25, 0.3) is 5.91 Å². The van der Waals surface area contributed by atoms with E-state index in [9.17, 15) is 14.3 Å². The van der Waals surface area contributed by atoms with Crippen LogP contribution in [0.5, 0.6) is 5.75 Å². The highest BCUT2D eigenvalue weighted by molar-refractivity contribution is 8.18. The molecule has 2 aromatic carbocycles. The van der Waals surface area contributed by atoms with Crippen molar-refractivity contribution in [2.45, 2.75) is 0 Å². The first-order chi connectivity index (χ1) is 13.1. The molecule has 0 saturated carbocycles. The first-order valence-corrected chi connectivity index (χ1v) is 9.48. The van der Waals surface area contributed by atoms with E-state index < -0.39 is 0 Å². The Bertz CT molecular complexity index is 936. The topological polar surface area (TPSA) is 56.1 Å². The number of carbonyl (C=O) groups is 1. The fourth-order valence-corrected chi connectivity index (χ4v) is 4.11. The highest BCUT2D eigenvalue weighted by Crippen LogP contribution is 2.31. The minimum Gasteiger partial charge on any atom is -0.508 e. The van der Waals surface area contributed by atoms with Gasteiger partial charge in [0.15, 0.2) is 5.17 Å². The molecule has 1 saturated heterocycles. The Kier molecular flexibility index (Phi) is 4.85. The van der Waals surface area contributed by atoms with Gasteiger partial charge in [-0.2, -0.15) is 4.99 Å². The SMILES string of the molecule is O=C1N=C(N2CCN(c3ccccc3F)CC2)S/C1=C\c1cccc(O)c1. The average Bonchev–Trinajstić information content (AvgIpc) is 3.03. The molecule has 1 fully saturated rings. The molecule has 1 amide bonds. The zero-order chi connectivity index (χ0) is 18.8.